The molecule has 0 aliphatic heterocycles. The van der Waals surface area contributed by atoms with E-state index in [2.05, 4.69) is 15.2 Å². The van der Waals surface area contributed by atoms with Gasteiger partial charge in [0.05, 0.1) is 5.69 Å². The van der Waals surface area contributed by atoms with E-state index in [-0.39, 0.29) is 5.91 Å². The zero-order valence-electron chi connectivity index (χ0n) is 10.3. The minimum absolute atomic E-state index is 0.0424. The van der Waals surface area contributed by atoms with Crippen molar-refractivity contribution in [2.45, 2.75) is 26.8 Å². The van der Waals surface area contributed by atoms with Crippen LogP contribution in [-0.4, -0.2) is 29.9 Å². The van der Waals surface area contributed by atoms with Crippen LogP contribution in [-0.2, 0) is 11.3 Å². The summed E-state index contributed by atoms with van der Waals surface area (Å²) in [5, 5.41) is 5.49. The molecule has 1 aromatic rings. The van der Waals surface area contributed by atoms with Crippen molar-refractivity contribution < 1.29 is 4.79 Å². The van der Waals surface area contributed by atoms with Crippen molar-refractivity contribution in [1.82, 2.24) is 9.88 Å². The molecule has 90 valence electrons. The normalized spacial score (nSPS) is 11.1. The monoisotopic (exact) mass is 241 g/mol. The highest BCUT2D eigenvalue weighted by atomic mass is 32.1. The number of nitrogens with one attached hydrogen (secondary N) is 1. The zero-order valence-corrected chi connectivity index (χ0v) is 11.1. The Morgan fingerprint density at radius 3 is 2.81 bits per heavy atom. The first kappa shape index (κ1) is 13.1. The molecule has 0 unspecified atom stereocenters. The van der Waals surface area contributed by atoms with Gasteiger partial charge in [-0.25, -0.2) is 4.98 Å². The number of anilines is 1. The van der Waals surface area contributed by atoms with E-state index in [4.69, 9.17) is 0 Å². The second-order valence-corrected chi connectivity index (χ2v) is 5.39. The van der Waals surface area contributed by atoms with E-state index in [0.29, 0.717) is 17.5 Å². The Kier molecular flexibility index (Phi) is 4.89. The number of thiazole rings is 1. The van der Waals surface area contributed by atoms with Crippen LogP contribution < -0.4 is 5.32 Å². The lowest BCUT2D eigenvalue weighted by Gasteiger charge is -2.06. The molecule has 1 aromatic heterocycles. The lowest BCUT2D eigenvalue weighted by molar-refractivity contribution is -0.116. The fraction of sp³-hybridized carbons (Fsp3) is 0.636. The topological polar surface area (TPSA) is 45.2 Å². The summed E-state index contributed by atoms with van der Waals surface area (Å²) in [6.45, 7) is 4.86. The quantitative estimate of drug-likeness (QED) is 0.859. The molecule has 0 saturated heterocycles. The first-order chi connectivity index (χ1) is 7.47. The van der Waals surface area contributed by atoms with Crippen LogP contribution in [0.4, 0.5) is 5.13 Å². The van der Waals surface area contributed by atoms with Gasteiger partial charge in [0, 0.05) is 18.3 Å². The van der Waals surface area contributed by atoms with Gasteiger partial charge in [-0.05, 0) is 20.0 Å². The van der Waals surface area contributed by atoms with Crippen molar-refractivity contribution in [3.05, 3.63) is 11.1 Å². The Morgan fingerprint density at radius 2 is 2.25 bits per heavy atom. The third kappa shape index (κ3) is 4.72. The number of hydrogen-bond acceptors (Lipinski definition) is 4. The molecule has 5 heteroatoms. The second kappa shape index (κ2) is 5.96. The van der Waals surface area contributed by atoms with Gasteiger partial charge < -0.3 is 10.2 Å². The highest BCUT2D eigenvalue weighted by molar-refractivity contribution is 7.13. The van der Waals surface area contributed by atoms with E-state index in [1.54, 1.807) is 0 Å². The van der Waals surface area contributed by atoms with Crippen molar-refractivity contribution in [2.24, 2.45) is 5.92 Å². The summed E-state index contributed by atoms with van der Waals surface area (Å²) in [7, 11) is 3.99. The largest absolute Gasteiger partial charge is 0.304 e. The molecule has 0 radical (unpaired) electrons. The fourth-order valence-corrected chi connectivity index (χ4v) is 2.02. The Balaban J connectivity index is 2.48. The van der Waals surface area contributed by atoms with E-state index in [1.165, 1.54) is 11.3 Å². The predicted molar refractivity (Wildman–Crippen MR) is 67.6 cm³/mol. The Morgan fingerprint density at radius 1 is 1.56 bits per heavy atom. The molecule has 0 aliphatic rings. The number of aromatic nitrogens is 1. The summed E-state index contributed by atoms with van der Waals surface area (Å²) in [5.41, 5.74) is 0.995. The molecule has 0 fully saturated rings. The van der Waals surface area contributed by atoms with Crippen LogP contribution in [0.1, 0.15) is 26.0 Å². The highest BCUT2D eigenvalue weighted by Crippen LogP contribution is 2.16. The molecule has 1 N–H and O–H groups in total. The number of amides is 1. The third-order valence-corrected chi connectivity index (χ3v) is 2.68. The average Bonchev–Trinajstić information content (AvgIpc) is 2.49. The Labute approximate surface area is 101 Å². The van der Waals surface area contributed by atoms with Gasteiger partial charge in [-0.1, -0.05) is 13.8 Å². The molecule has 0 bridgehead atoms. The van der Waals surface area contributed by atoms with Gasteiger partial charge in [-0.2, -0.15) is 0 Å². The molecule has 0 atom stereocenters. The van der Waals surface area contributed by atoms with E-state index < -0.39 is 0 Å². The first-order valence-electron chi connectivity index (χ1n) is 5.36. The average molecular weight is 241 g/mol. The van der Waals surface area contributed by atoms with Crippen LogP contribution in [0.25, 0.3) is 0 Å². The van der Waals surface area contributed by atoms with Gasteiger partial charge in [0.25, 0.3) is 0 Å². The maximum absolute atomic E-state index is 11.5. The van der Waals surface area contributed by atoms with E-state index in [1.807, 2.05) is 33.3 Å². The van der Waals surface area contributed by atoms with Crippen molar-refractivity contribution in [2.75, 3.05) is 19.4 Å². The predicted octanol–water partition coefficient (Wildman–Crippen LogP) is 2.19. The Hall–Kier alpha value is -0.940. The van der Waals surface area contributed by atoms with Crippen LogP contribution in [0.3, 0.4) is 0 Å². The summed E-state index contributed by atoms with van der Waals surface area (Å²) in [4.78, 5) is 17.9. The van der Waals surface area contributed by atoms with E-state index in [9.17, 15) is 4.79 Å². The van der Waals surface area contributed by atoms with Gasteiger partial charge >= 0.3 is 0 Å². The van der Waals surface area contributed by atoms with Crippen molar-refractivity contribution in [3.8, 4) is 0 Å². The number of hydrogen-bond donors (Lipinski definition) is 1. The standard InChI is InChI=1S/C11H19N3OS/c1-8(2)5-10(15)13-11-12-9(7-16-11)6-14(3)4/h7-8H,5-6H2,1-4H3,(H,12,13,15). The molecule has 4 nitrogen and oxygen atoms in total. The van der Waals surface area contributed by atoms with Gasteiger partial charge in [0.1, 0.15) is 0 Å². The van der Waals surface area contributed by atoms with E-state index >= 15 is 0 Å². The molecule has 1 amide bonds. The SMILES string of the molecule is CC(C)CC(=O)Nc1nc(CN(C)C)cs1. The maximum atomic E-state index is 11.5. The van der Waals surface area contributed by atoms with Crippen molar-refractivity contribution in [3.63, 3.8) is 0 Å². The molecule has 16 heavy (non-hydrogen) atoms. The summed E-state index contributed by atoms with van der Waals surface area (Å²) in [6.07, 6.45) is 0.544. The lowest BCUT2D eigenvalue weighted by Crippen LogP contribution is -2.14. The summed E-state index contributed by atoms with van der Waals surface area (Å²) >= 11 is 1.48. The molecule has 0 spiro atoms. The third-order valence-electron chi connectivity index (χ3n) is 1.87. The van der Waals surface area contributed by atoms with Gasteiger partial charge in [0.2, 0.25) is 5.91 Å². The van der Waals surface area contributed by atoms with Crippen LogP contribution >= 0.6 is 11.3 Å². The van der Waals surface area contributed by atoms with Gasteiger partial charge in [0.15, 0.2) is 5.13 Å². The summed E-state index contributed by atoms with van der Waals surface area (Å²) in [6, 6.07) is 0. The molecule has 1 heterocycles. The van der Waals surface area contributed by atoms with Crippen LogP contribution in [0.15, 0.2) is 5.38 Å². The van der Waals surface area contributed by atoms with Crippen molar-refractivity contribution >= 4 is 22.4 Å². The minimum atomic E-state index is 0.0424. The van der Waals surface area contributed by atoms with Crippen molar-refractivity contribution in [1.29, 1.82) is 0 Å². The van der Waals surface area contributed by atoms with Crippen LogP contribution in [0, 0.1) is 5.92 Å². The van der Waals surface area contributed by atoms with Crippen LogP contribution in [0.5, 0.6) is 0 Å². The van der Waals surface area contributed by atoms with Gasteiger partial charge in [-0.15, -0.1) is 11.3 Å². The minimum Gasteiger partial charge on any atom is -0.304 e. The summed E-state index contributed by atoms with van der Waals surface area (Å²) in [5.74, 6) is 0.418. The molecule has 0 aromatic carbocycles. The van der Waals surface area contributed by atoms with Gasteiger partial charge in [-0.3, -0.25) is 4.79 Å². The van der Waals surface area contributed by atoms with Crippen LogP contribution in [0.2, 0.25) is 0 Å². The molecular weight excluding hydrogens is 222 g/mol. The first-order valence-corrected chi connectivity index (χ1v) is 6.24. The fourth-order valence-electron chi connectivity index (χ4n) is 1.30. The number of carbonyl (C=O) groups excluding carboxylic acids is 1. The molecule has 0 aliphatic carbocycles. The maximum Gasteiger partial charge on any atom is 0.226 e. The second-order valence-electron chi connectivity index (χ2n) is 4.53. The number of nitrogens with zero attached hydrogens (tertiary/aromatic N) is 2. The Bertz CT molecular complexity index is 347. The number of carbonyl (C=O) groups is 1. The zero-order chi connectivity index (χ0) is 12.1. The molecular formula is C11H19N3OS. The molecule has 1 rings (SSSR count). The number of rotatable bonds is 5. The highest BCUT2D eigenvalue weighted by Gasteiger charge is 2.08. The molecule has 0 saturated carbocycles. The smallest absolute Gasteiger partial charge is 0.226 e. The summed E-state index contributed by atoms with van der Waals surface area (Å²) < 4.78 is 0. The van der Waals surface area contributed by atoms with E-state index in [0.717, 1.165) is 12.2 Å². The lowest BCUT2D eigenvalue weighted by atomic mass is 10.1.